The van der Waals surface area contributed by atoms with Crippen molar-refractivity contribution in [3.8, 4) is 11.3 Å². The van der Waals surface area contributed by atoms with Crippen molar-refractivity contribution in [3.05, 3.63) is 52.6 Å². The summed E-state index contributed by atoms with van der Waals surface area (Å²) < 4.78 is 1.01. The zero-order chi connectivity index (χ0) is 9.97. The maximum absolute atomic E-state index is 4.33. The number of rotatable bonds is 1. The fourth-order valence-corrected chi connectivity index (χ4v) is 1.51. The number of aryl methyl sites for hydroxylation is 1. The molecule has 1 aromatic carbocycles. The van der Waals surface area contributed by atoms with Crippen LogP contribution in [0.15, 0.2) is 47.1 Å². The average Bonchev–Trinajstić information content (AvgIpc) is 2.21. The van der Waals surface area contributed by atoms with Crippen LogP contribution >= 0.6 is 15.9 Å². The SMILES string of the molecule is Cc1ccc(-c2ccc(Br)cn2)cc1. The molecule has 0 aliphatic heterocycles. The molecule has 0 aliphatic rings. The first-order valence-electron chi connectivity index (χ1n) is 4.44. The minimum Gasteiger partial charge on any atom is -0.255 e. The number of hydrogen-bond acceptors (Lipinski definition) is 1. The zero-order valence-electron chi connectivity index (χ0n) is 7.87. The van der Waals surface area contributed by atoms with E-state index in [1.54, 1.807) is 0 Å². The Labute approximate surface area is 91.9 Å². The second-order valence-corrected chi connectivity index (χ2v) is 4.14. The first-order chi connectivity index (χ1) is 6.75. The highest BCUT2D eigenvalue weighted by molar-refractivity contribution is 9.10. The van der Waals surface area contributed by atoms with Gasteiger partial charge in [-0.1, -0.05) is 29.8 Å². The second-order valence-electron chi connectivity index (χ2n) is 3.23. The molecule has 0 saturated heterocycles. The number of aromatic nitrogens is 1. The Hall–Kier alpha value is -1.15. The smallest absolute Gasteiger partial charge is 0.0702 e. The molecule has 1 aromatic heterocycles. The summed E-state index contributed by atoms with van der Waals surface area (Å²) in [6.45, 7) is 2.08. The van der Waals surface area contributed by atoms with Crippen LogP contribution in [0.3, 0.4) is 0 Å². The highest BCUT2D eigenvalue weighted by atomic mass is 79.9. The Bertz CT molecular complexity index is 374. The van der Waals surface area contributed by atoms with Crippen molar-refractivity contribution in [2.24, 2.45) is 0 Å². The molecule has 0 unspecified atom stereocenters. The standard InChI is InChI=1S/C12H10BrN/c1-9-2-4-10(5-3-9)12-7-6-11(13)8-14-12/h2-8H,1H3. The third kappa shape index (κ3) is 2.02. The summed E-state index contributed by atoms with van der Waals surface area (Å²) in [4.78, 5) is 4.33. The summed E-state index contributed by atoms with van der Waals surface area (Å²) in [5.74, 6) is 0. The highest BCUT2D eigenvalue weighted by Crippen LogP contribution is 2.18. The molecule has 2 rings (SSSR count). The number of hydrogen-bond donors (Lipinski definition) is 0. The number of halogens is 1. The van der Waals surface area contributed by atoms with Gasteiger partial charge in [-0.3, -0.25) is 4.98 Å². The lowest BCUT2D eigenvalue weighted by Gasteiger charge is -2.00. The van der Waals surface area contributed by atoms with Crippen LogP contribution in [-0.2, 0) is 0 Å². The highest BCUT2D eigenvalue weighted by Gasteiger charge is 1.97. The molecule has 1 nitrogen and oxygen atoms in total. The third-order valence-electron chi connectivity index (χ3n) is 2.07. The van der Waals surface area contributed by atoms with Crippen molar-refractivity contribution >= 4 is 15.9 Å². The van der Waals surface area contributed by atoms with Gasteiger partial charge >= 0.3 is 0 Å². The summed E-state index contributed by atoms with van der Waals surface area (Å²) in [7, 11) is 0. The predicted molar refractivity (Wildman–Crippen MR) is 62.1 cm³/mol. The van der Waals surface area contributed by atoms with Crippen molar-refractivity contribution in [2.75, 3.05) is 0 Å². The molecule has 0 spiro atoms. The van der Waals surface area contributed by atoms with E-state index in [1.165, 1.54) is 5.56 Å². The quantitative estimate of drug-likeness (QED) is 0.747. The topological polar surface area (TPSA) is 12.9 Å². The van der Waals surface area contributed by atoms with Crippen molar-refractivity contribution in [3.63, 3.8) is 0 Å². The van der Waals surface area contributed by atoms with Crippen LogP contribution in [0.5, 0.6) is 0 Å². The lowest BCUT2D eigenvalue weighted by atomic mass is 10.1. The van der Waals surface area contributed by atoms with Crippen molar-refractivity contribution < 1.29 is 0 Å². The van der Waals surface area contributed by atoms with Gasteiger partial charge in [0.25, 0.3) is 0 Å². The number of nitrogens with zero attached hydrogens (tertiary/aromatic N) is 1. The molecule has 0 bridgehead atoms. The molecular weight excluding hydrogens is 238 g/mol. The molecule has 0 N–H and O–H groups in total. The van der Waals surface area contributed by atoms with E-state index in [0.29, 0.717) is 0 Å². The van der Waals surface area contributed by atoms with Crippen LogP contribution in [0, 0.1) is 6.92 Å². The monoisotopic (exact) mass is 247 g/mol. The van der Waals surface area contributed by atoms with E-state index < -0.39 is 0 Å². The van der Waals surface area contributed by atoms with E-state index in [2.05, 4.69) is 52.1 Å². The summed E-state index contributed by atoms with van der Waals surface area (Å²) in [5, 5.41) is 0. The van der Waals surface area contributed by atoms with Crippen LogP contribution < -0.4 is 0 Å². The molecule has 0 amide bonds. The molecule has 1 heterocycles. The fourth-order valence-electron chi connectivity index (χ4n) is 1.27. The van der Waals surface area contributed by atoms with E-state index in [9.17, 15) is 0 Å². The minimum absolute atomic E-state index is 1.01. The van der Waals surface area contributed by atoms with Gasteiger partial charge in [-0.15, -0.1) is 0 Å². The summed E-state index contributed by atoms with van der Waals surface area (Å²) >= 11 is 3.37. The lowest BCUT2D eigenvalue weighted by Crippen LogP contribution is -1.82. The molecule has 0 saturated carbocycles. The fraction of sp³-hybridized carbons (Fsp3) is 0.0833. The second kappa shape index (κ2) is 3.93. The molecule has 0 aliphatic carbocycles. The molecule has 14 heavy (non-hydrogen) atoms. The Balaban J connectivity index is 2.40. The Morgan fingerprint density at radius 3 is 2.29 bits per heavy atom. The van der Waals surface area contributed by atoms with Crippen LogP contribution in [0.4, 0.5) is 0 Å². The molecule has 2 heteroatoms. The van der Waals surface area contributed by atoms with Gasteiger partial charge in [-0.05, 0) is 35.0 Å². The first-order valence-corrected chi connectivity index (χ1v) is 5.23. The van der Waals surface area contributed by atoms with Crippen molar-refractivity contribution in [2.45, 2.75) is 6.92 Å². The molecule has 0 fully saturated rings. The molecule has 0 radical (unpaired) electrons. The van der Waals surface area contributed by atoms with Crippen LogP contribution in [0.25, 0.3) is 11.3 Å². The van der Waals surface area contributed by atoms with Crippen LogP contribution in [0.2, 0.25) is 0 Å². The largest absolute Gasteiger partial charge is 0.255 e. The van der Waals surface area contributed by atoms with Gasteiger partial charge in [0.05, 0.1) is 5.69 Å². The predicted octanol–water partition coefficient (Wildman–Crippen LogP) is 3.82. The van der Waals surface area contributed by atoms with E-state index in [0.717, 1.165) is 15.7 Å². The summed E-state index contributed by atoms with van der Waals surface area (Å²) in [6, 6.07) is 12.4. The van der Waals surface area contributed by atoms with Crippen molar-refractivity contribution in [1.82, 2.24) is 4.98 Å². The van der Waals surface area contributed by atoms with Gasteiger partial charge < -0.3 is 0 Å². The van der Waals surface area contributed by atoms with Crippen LogP contribution in [0.1, 0.15) is 5.56 Å². The van der Waals surface area contributed by atoms with Gasteiger partial charge in [-0.25, -0.2) is 0 Å². The van der Waals surface area contributed by atoms with Crippen molar-refractivity contribution in [1.29, 1.82) is 0 Å². The molecule has 2 aromatic rings. The maximum Gasteiger partial charge on any atom is 0.0702 e. The summed E-state index contributed by atoms with van der Waals surface area (Å²) in [6.07, 6.45) is 1.81. The number of pyridine rings is 1. The Morgan fingerprint density at radius 2 is 1.71 bits per heavy atom. The van der Waals surface area contributed by atoms with Crippen LogP contribution in [-0.4, -0.2) is 4.98 Å². The Kier molecular flexibility index (Phi) is 2.64. The Morgan fingerprint density at radius 1 is 1.00 bits per heavy atom. The van der Waals surface area contributed by atoms with Gasteiger partial charge in [0.15, 0.2) is 0 Å². The normalized spacial score (nSPS) is 10.1. The summed E-state index contributed by atoms with van der Waals surface area (Å²) in [5.41, 5.74) is 3.43. The van der Waals surface area contributed by atoms with E-state index in [4.69, 9.17) is 0 Å². The first kappa shape index (κ1) is 9.41. The minimum atomic E-state index is 1.01. The van der Waals surface area contributed by atoms with Gasteiger partial charge in [0.2, 0.25) is 0 Å². The van der Waals surface area contributed by atoms with E-state index >= 15 is 0 Å². The lowest BCUT2D eigenvalue weighted by molar-refractivity contribution is 1.30. The van der Waals surface area contributed by atoms with E-state index in [1.807, 2.05) is 18.3 Å². The average molecular weight is 248 g/mol. The number of benzene rings is 1. The van der Waals surface area contributed by atoms with Gasteiger partial charge in [-0.2, -0.15) is 0 Å². The molecular formula is C12H10BrN. The molecule has 70 valence electrons. The molecule has 0 atom stereocenters. The van der Waals surface area contributed by atoms with Gasteiger partial charge in [0.1, 0.15) is 0 Å². The van der Waals surface area contributed by atoms with Gasteiger partial charge in [0, 0.05) is 16.2 Å². The zero-order valence-corrected chi connectivity index (χ0v) is 9.45. The maximum atomic E-state index is 4.33. The van der Waals surface area contributed by atoms with E-state index in [-0.39, 0.29) is 0 Å². The third-order valence-corrected chi connectivity index (χ3v) is 2.54.